The van der Waals surface area contributed by atoms with Gasteiger partial charge in [0.05, 0.1) is 0 Å². The van der Waals surface area contributed by atoms with Gasteiger partial charge in [0, 0.05) is 11.1 Å². The maximum atomic E-state index is 5.05. The van der Waals surface area contributed by atoms with E-state index in [1.807, 2.05) is 6.92 Å². The van der Waals surface area contributed by atoms with Crippen molar-refractivity contribution in [1.29, 1.82) is 0 Å². The average Bonchev–Trinajstić information content (AvgIpc) is 1.65. The second-order valence-corrected chi connectivity index (χ2v) is 1.77. The Balaban J connectivity index is 3.22. The Labute approximate surface area is 41.7 Å². The molecule has 36 valence electrons. The van der Waals surface area contributed by atoms with Crippen LogP contribution in [0.25, 0.3) is 0 Å². The van der Waals surface area contributed by atoms with Crippen molar-refractivity contribution in [3.63, 3.8) is 0 Å². The molecule has 0 heterocycles. The number of nitrogens with two attached hydrogens (primary N) is 2. The SMILES string of the molecule is C/C(=C/N)SN. The first-order valence-corrected chi connectivity index (χ1v) is 2.44. The molecule has 0 aromatic heterocycles. The van der Waals surface area contributed by atoms with Gasteiger partial charge in [-0.05, 0) is 6.92 Å². The molecule has 4 N–H and O–H groups in total. The fourth-order valence-electron chi connectivity index (χ4n) is 0.0393. The third kappa shape index (κ3) is 2.11. The van der Waals surface area contributed by atoms with Crippen LogP contribution in [0.1, 0.15) is 6.92 Å². The Morgan fingerprint density at radius 2 is 2.33 bits per heavy atom. The van der Waals surface area contributed by atoms with Crippen molar-refractivity contribution in [1.82, 2.24) is 0 Å². The molecule has 3 heteroatoms. The molecular weight excluding hydrogens is 96.1 g/mol. The van der Waals surface area contributed by atoms with E-state index < -0.39 is 0 Å². The molecule has 0 rings (SSSR count). The summed E-state index contributed by atoms with van der Waals surface area (Å²) in [5.74, 6) is 0. The predicted molar refractivity (Wildman–Crippen MR) is 29.7 cm³/mol. The van der Waals surface area contributed by atoms with E-state index in [9.17, 15) is 0 Å². The molecule has 0 radical (unpaired) electrons. The average molecular weight is 104 g/mol. The van der Waals surface area contributed by atoms with Crippen molar-refractivity contribution in [2.75, 3.05) is 0 Å². The second-order valence-electron chi connectivity index (χ2n) is 0.895. The van der Waals surface area contributed by atoms with Crippen molar-refractivity contribution >= 4 is 11.9 Å². The molecule has 0 amide bonds. The Morgan fingerprint density at radius 3 is 2.33 bits per heavy atom. The molecule has 0 aliphatic heterocycles. The number of hydrogen-bond donors (Lipinski definition) is 2. The monoisotopic (exact) mass is 104 g/mol. The highest BCUT2D eigenvalue weighted by Gasteiger charge is 1.74. The topological polar surface area (TPSA) is 52.0 Å². The molecule has 0 aliphatic carbocycles. The molecule has 6 heavy (non-hydrogen) atoms. The quantitative estimate of drug-likeness (QED) is 0.474. The Hall–Kier alpha value is -0.150. The third-order valence-electron chi connectivity index (χ3n) is 0.421. The van der Waals surface area contributed by atoms with Crippen LogP contribution in [-0.4, -0.2) is 0 Å². The third-order valence-corrected chi connectivity index (χ3v) is 0.928. The highest BCUT2D eigenvalue weighted by Crippen LogP contribution is 2.00. The number of rotatable bonds is 1. The fourth-order valence-corrected chi connectivity index (χ4v) is 0.118. The van der Waals surface area contributed by atoms with E-state index in [0.29, 0.717) is 0 Å². The number of hydrogen-bond acceptors (Lipinski definition) is 3. The molecule has 0 saturated heterocycles. The van der Waals surface area contributed by atoms with Gasteiger partial charge in [-0.1, -0.05) is 11.9 Å². The van der Waals surface area contributed by atoms with E-state index in [0.717, 1.165) is 16.9 Å². The molecule has 0 aliphatic rings. The zero-order chi connectivity index (χ0) is 4.99. The first kappa shape index (κ1) is 5.85. The maximum Gasteiger partial charge on any atom is 0.0124 e. The van der Waals surface area contributed by atoms with E-state index in [4.69, 9.17) is 10.9 Å². The van der Waals surface area contributed by atoms with E-state index in [1.165, 1.54) is 6.20 Å². The molecule has 0 bridgehead atoms. The number of allylic oxidation sites excluding steroid dienone is 1. The van der Waals surface area contributed by atoms with Crippen molar-refractivity contribution < 1.29 is 0 Å². The molecule has 0 unspecified atom stereocenters. The summed E-state index contributed by atoms with van der Waals surface area (Å²) in [5, 5.41) is 5.05. The van der Waals surface area contributed by atoms with Crippen LogP contribution in [0.15, 0.2) is 11.1 Å². The smallest absolute Gasteiger partial charge is 0.0124 e. The minimum absolute atomic E-state index is 0.940. The van der Waals surface area contributed by atoms with Crippen LogP contribution >= 0.6 is 11.9 Å². The lowest BCUT2D eigenvalue weighted by atomic mass is 10.7. The standard InChI is InChI=1S/C3H8N2S/c1-3(2-4)6-5/h2H,4-5H2,1H3/b3-2-. The summed E-state index contributed by atoms with van der Waals surface area (Å²) < 4.78 is 0. The molecule has 2 nitrogen and oxygen atoms in total. The van der Waals surface area contributed by atoms with Crippen LogP contribution in [-0.2, 0) is 0 Å². The fraction of sp³-hybridized carbons (Fsp3) is 0.333. The Bertz CT molecular complexity index is 59.8. The molecular formula is C3H8N2S. The van der Waals surface area contributed by atoms with E-state index >= 15 is 0 Å². The van der Waals surface area contributed by atoms with Crippen LogP contribution in [0.5, 0.6) is 0 Å². The summed E-state index contributed by atoms with van der Waals surface area (Å²) in [5.41, 5.74) is 5.02. The van der Waals surface area contributed by atoms with Gasteiger partial charge >= 0.3 is 0 Å². The molecule has 0 aromatic carbocycles. The second kappa shape index (κ2) is 3.06. The van der Waals surface area contributed by atoms with Crippen molar-refractivity contribution in [2.45, 2.75) is 6.92 Å². The maximum absolute atomic E-state index is 5.05. The lowest BCUT2D eigenvalue weighted by Crippen LogP contribution is -1.83. The molecule has 0 saturated carbocycles. The summed E-state index contributed by atoms with van der Waals surface area (Å²) in [6.45, 7) is 1.85. The largest absolute Gasteiger partial charge is 0.404 e. The molecule has 0 spiro atoms. The normalized spacial score (nSPS) is 12.0. The minimum Gasteiger partial charge on any atom is -0.404 e. The summed E-state index contributed by atoms with van der Waals surface area (Å²) >= 11 is 1.16. The van der Waals surface area contributed by atoms with Gasteiger partial charge in [0.25, 0.3) is 0 Å². The van der Waals surface area contributed by atoms with Gasteiger partial charge in [-0.15, -0.1) is 0 Å². The van der Waals surface area contributed by atoms with Gasteiger partial charge in [-0.25, -0.2) is 0 Å². The minimum atomic E-state index is 0.940. The lowest BCUT2D eigenvalue weighted by Gasteiger charge is -1.84. The van der Waals surface area contributed by atoms with Gasteiger partial charge in [0.1, 0.15) is 0 Å². The Kier molecular flexibility index (Phi) is 2.98. The highest BCUT2D eigenvalue weighted by molar-refractivity contribution is 8.00. The zero-order valence-corrected chi connectivity index (χ0v) is 4.46. The van der Waals surface area contributed by atoms with Crippen LogP contribution in [0.4, 0.5) is 0 Å². The van der Waals surface area contributed by atoms with Gasteiger partial charge < -0.3 is 5.73 Å². The zero-order valence-electron chi connectivity index (χ0n) is 3.64. The molecule has 0 aromatic rings. The Morgan fingerprint density at radius 1 is 1.83 bits per heavy atom. The van der Waals surface area contributed by atoms with E-state index in [-0.39, 0.29) is 0 Å². The summed E-state index contributed by atoms with van der Waals surface area (Å²) in [6, 6.07) is 0. The van der Waals surface area contributed by atoms with Crippen molar-refractivity contribution in [3.05, 3.63) is 11.1 Å². The van der Waals surface area contributed by atoms with Crippen LogP contribution < -0.4 is 10.9 Å². The summed E-state index contributed by atoms with van der Waals surface area (Å²) in [4.78, 5) is 0.940. The van der Waals surface area contributed by atoms with Gasteiger partial charge in [0.2, 0.25) is 0 Å². The van der Waals surface area contributed by atoms with Crippen molar-refractivity contribution in [2.24, 2.45) is 10.9 Å². The van der Waals surface area contributed by atoms with Crippen LogP contribution in [0.2, 0.25) is 0 Å². The molecule has 0 atom stereocenters. The molecule has 0 fully saturated rings. The highest BCUT2D eigenvalue weighted by atomic mass is 32.2. The van der Waals surface area contributed by atoms with Crippen LogP contribution in [0, 0.1) is 0 Å². The van der Waals surface area contributed by atoms with Crippen molar-refractivity contribution in [3.8, 4) is 0 Å². The first-order valence-electron chi connectivity index (χ1n) is 1.56. The lowest BCUT2D eigenvalue weighted by molar-refractivity contribution is 1.52. The summed E-state index contributed by atoms with van der Waals surface area (Å²) in [6.07, 6.45) is 1.48. The van der Waals surface area contributed by atoms with E-state index in [1.54, 1.807) is 0 Å². The first-order chi connectivity index (χ1) is 2.81. The van der Waals surface area contributed by atoms with Gasteiger partial charge in [-0.3, -0.25) is 5.14 Å². The van der Waals surface area contributed by atoms with Gasteiger partial charge in [0.15, 0.2) is 0 Å². The summed E-state index contributed by atoms with van der Waals surface area (Å²) in [7, 11) is 0. The van der Waals surface area contributed by atoms with E-state index in [2.05, 4.69) is 0 Å². The van der Waals surface area contributed by atoms with Gasteiger partial charge in [-0.2, -0.15) is 0 Å². The van der Waals surface area contributed by atoms with Crippen LogP contribution in [0.3, 0.4) is 0 Å². The predicted octanol–water partition coefficient (Wildman–Crippen LogP) is 0.413.